The van der Waals surface area contributed by atoms with Gasteiger partial charge in [0, 0.05) is 10.0 Å². The molecular formula is C15H11Cl2FO2. The van der Waals surface area contributed by atoms with Crippen molar-refractivity contribution in [1.82, 2.24) is 0 Å². The number of benzene rings is 2. The van der Waals surface area contributed by atoms with Gasteiger partial charge in [0.05, 0.1) is 5.92 Å². The quantitative estimate of drug-likeness (QED) is 0.899. The monoisotopic (exact) mass is 312 g/mol. The normalized spacial score (nSPS) is 12.2. The van der Waals surface area contributed by atoms with Crippen LogP contribution in [0.5, 0.6) is 0 Å². The average Bonchev–Trinajstić information content (AvgIpc) is 2.39. The Morgan fingerprint density at radius 1 is 1.15 bits per heavy atom. The minimum atomic E-state index is -1.04. The Bertz CT molecular complexity index is 644. The van der Waals surface area contributed by atoms with Crippen molar-refractivity contribution in [3.05, 3.63) is 69.5 Å². The van der Waals surface area contributed by atoms with Crippen molar-refractivity contribution >= 4 is 29.2 Å². The topological polar surface area (TPSA) is 37.3 Å². The number of carboxylic acids is 1. The Labute approximate surface area is 125 Å². The number of carboxylic acid groups (broad SMARTS) is 1. The summed E-state index contributed by atoms with van der Waals surface area (Å²) < 4.78 is 13.7. The zero-order valence-electron chi connectivity index (χ0n) is 10.3. The van der Waals surface area contributed by atoms with E-state index in [1.165, 1.54) is 18.2 Å². The van der Waals surface area contributed by atoms with Crippen molar-refractivity contribution in [2.24, 2.45) is 0 Å². The maximum absolute atomic E-state index is 13.7. The first-order valence-electron chi connectivity index (χ1n) is 5.89. The molecule has 0 fully saturated rings. The second-order valence-electron chi connectivity index (χ2n) is 4.39. The molecule has 0 aliphatic carbocycles. The fourth-order valence-electron chi connectivity index (χ4n) is 1.99. The molecular weight excluding hydrogens is 302 g/mol. The lowest BCUT2D eigenvalue weighted by Gasteiger charge is -2.14. The summed E-state index contributed by atoms with van der Waals surface area (Å²) in [7, 11) is 0. The van der Waals surface area contributed by atoms with Crippen LogP contribution in [-0.2, 0) is 11.2 Å². The molecule has 0 bridgehead atoms. The number of hydrogen-bond donors (Lipinski definition) is 1. The smallest absolute Gasteiger partial charge is 0.311 e. The van der Waals surface area contributed by atoms with Gasteiger partial charge in [-0.2, -0.15) is 0 Å². The molecule has 5 heteroatoms. The van der Waals surface area contributed by atoms with Crippen LogP contribution in [0.2, 0.25) is 10.0 Å². The lowest BCUT2D eigenvalue weighted by molar-refractivity contribution is -0.138. The van der Waals surface area contributed by atoms with Gasteiger partial charge in [-0.15, -0.1) is 0 Å². The van der Waals surface area contributed by atoms with Crippen LogP contribution in [0, 0.1) is 5.82 Å². The summed E-state index contributed by atoms with van der Waals surface area (Å²) in [5, 5.41) is 10.2. The van der Waals surface area contributed by atoms with E-state index in [1.54, 1.807) is 24.3 Å². The molecule has 0 aliphatic heterocycles. The van der Waals surface area contributed by atoms with Gasteiger partial charge in [-0.3, -0.25) is 4.79 Å². The van der Waals surface area contributed by atoms with Crippen LogP contribution in [0.15, 0.2) is 42.5 Å². The summed E-state index contributed by atoms with van der Waals surface area (Å²) in [5.74, 6) is -2.38. The van der Waals surface area contributed by atoms with Gasteiger partial charge in [0.1, 0.15) is 5.82 Å². The van der Waals surface area contributed by atoms with Crippen LogP contribution in [0.25, 0.3) is 0 Å². The fraction of sp³-hybridized carbons (Fsp3) is 0.133. The second-order valence-corrected chi connectivity index (χ2v) is 5.26. The van der Waals surface area contributed by atoms with Crippen LogP contribution >= 0.6 is 23.2 Å². The Balaban J connectivity index is 2.35. The summed E-state index contributed by atoms with van der Waals surface area (Å²) in [6.45, 7) is 0. The number of carbonyl (C=O) groups is 1. The van der Waals surface area contributed by atoms with E-state index in [9.17, 15) is 14.3 Å². The molecule has 0 saturated carbocycles. The lowest BCUT2D eigenvalue weighted by Crippen LogP contribution is -2.15. The molecule has 0 amide bonds. The predicted molar refractivity (Wildman–Crippen MR) is 76.9 cm³/mol. The minimum Gasteiger partial charge on any atom is -0.481 e. The highest BCUT2D eigenvalue weighted by Gasteiger charge is 2.22. The molecule has 20 heavy (non-hydrogen) atoms. The third-order valence-electron chi connectivity index (χ3n) is 2.98. The molecule has 1 atom stereocenters. The van der Waals surface area contributed by atoms with Crippen LogP contribution < -0.4 is 0 Å². The van der Waals surface area contributed by atoms with E-state index < -0.39 is 17.7 Å². The standard InChI is InChI=1S/C15H11Cl2FO2/c16-11-3-1-2-9(6-11)13(15(19)20)8-10-7-12(17)4-5-14(10)18/h1-7,13H,8H2,(H,19,20). The highest BCUT2D eigenvalue weighted by Crippen LogP contribution is 2.26. The maximum Gasteiger partial charge on any atom is 0.311 e. The SMILES string of the molecule is O=C(O)C(Cc1cc(Cl)ccc1F)c1cccc(Cl)c1. The fourth-order valence-corrected chi connectivity index (χ4v) is 2.38. The van der Waals surface area contributed by atoms with E-state index in [0.29, 0.717) is 15.6 Å². The third-order valence-corrected chi connectivity index (χ3v) is 3.45. The molecule has 1 N–H and O–H groups in total. The highest BCUT2D eigenvalue weighted by atomic mass is 35.5. The van der Waals surface area contributed by atoms with E-state index in [2.05, 4.69) is 0 Å². The van der Waals surface area contributed by atoms with Gasteiger partial charge in [-0.1, -0.05) is 35.3 Å². The Morgan fingerprint density at radius 3 is 2.50 bits per heavy atom. The van der Waals surface area contributed by atoms with Crippen molar-refractivity contribution in [2.45, 2.75) is 12.3 Å². The summed E-state index contributed by atoms with van der Waals surface area (Å²) in [4.78, 5) is 11.4. The van der Waals surface area contributed by atoms with Gasteiger partial charge in [0.25, 0.3) is 0 Å². The van der Waals surface area contributed by atoms with Gasteiger partial charge in [0.15, 0.2) is 0 Å². The van der Waals surface area contributed by atoms with Gasteiger partial charge < -0.3 is 5.11 Å². The number of aliphatic carboxylic acids is 1. The molecule has 2 aromatic rings. The third kappa shape index (κ3) is 3.50. The van der Waals surface area contributed by atoms with Crippen LogP contribution in [0.3, 0.4) is 0 Å². The second kappa shape index (κ2) is 6.25. The van der Waals surface area contributed by atoms with E-state index in [-0.39, 0.29) is 12.0 Å². The summed E-state index contributed by atoms with van der Waals surface area (Å²) in [6.07, 6.45) is 0.0159. The number of halogens is 3. The molecule has 0 saturated heterocycles. The van der Waals surface area contributed by atoms with Crippen molar-refractivity contribution < 1.29 is 14.3 Å². The molecule has 2 aromatic carbocycles. The van der Waals surface area contributed by atoms with Gasteiger partial charge in [0.2, 0.25) is 0 Å². The van der Waals surface area contributed by atoms with E-state index in [4.69, 9.17) is 23.2 Å². The number of hydrogen-bond acceptors (Lipinski definition) is 1. The van der Waals surface area contributed by atoms with E-state index in [0.717, 1.165) is 0 Å². The van der Waals surface area contributed by atoms with Gasteiger partial charge in [-0.25, -0.2) is 4.39 Å². The van der Waals surface area contributed by atoms with Crippen LogP contribution in [-0.4, -0.2) is 11.1 Å². The molecule has 0 radical (unpaired) electrons. The van der Waals surface area contributed by atoms with Crippen molar-refractivity contribution in [3.63, 3.8) is 0 Å². The van der Waals surface area contributed by atoms with Crippen molar-refractivity contribution in [3.8, 4) is 0 Å². The molecule has 2 rings (SSSR count). The predicted octanol–water partition coefficient (Wildman–Crippen LogP) is 4.54. The van der Waals surface area contributed by atoms with Crippen molar-refractivity contribution in [1.29, 1.82) is 0 Å². The maximum atomic E-state index is 13.7. The molecule has 0 aliphatic rings. The van der Waals surface area contributed by atoms with Gasteiger partial charge >= 0.3 is 5.97 Å². The molecule has 0 heterocycles. The molecule has 1 unspecified atom stereocenters. The zero-order chi connectivity index (χ0) is 14.7. The largest absolute Gasteiger partial charge is 0.481 e. The lowest BCUT2D eigenvalue weighted by atomic mass is 9.92. The Kier molecular flexibility index (Phi) is 4.63. The summed E-state index contributed by atoms with van der Waals surface area (Å²) in [6, 6.07) is 10.7. The summed E-state index contributed by atoms with van der Waals surface area (Å²) in [5.41, 5.74) is 0.800. The van der Waals surface area contributed by atoms with E-state index >= 15 is 0 Å². The van der Waals surface area contributed by atoms with Gasteiger partial charge in [-0.05, 0) is 47.9 Å². The zero-order valence-corrected chi connectivity index (χ0v) is 11.8. The molecule has 0 aromatic heterocycles. The number of rotatable bonds is 4. The van der Waals surface area contributed by atoms with Crippen LogP contribution in [0.1, 0.15) is 17.0 Å². The highest BCUT2D eigenvalue weighted by molar-refractivity contribution is 6.30. The first-order chi connectivity index (χ1) is 9.47. The average molecular weight is 313 g/mol. The molecule has 0 spiro atoms. The molecule has 104 valence electrons. The van der Waals surface area contributed by atoms with Crippen molar-refractivity contribution in [2.75, 3.05) is 0 Å². The van der Waals surface area contributed by atoms with E-state index in [1.807, 2.05) is 0 Å². The Hall–Kier alpha value is -1.58. The molecule has 2 nitrogen and oxygen atoms in total. The first kappa shape index (κ1) is 14.8. The minimum absolute atomic E-state index is 0.0159. The Morgan fingerprint density at radius 2 is 1.85 bits per heavy atom. The van der Waals surface area contributed by atoms with Crippen LogP contribution in [0.4, 0.5) is 4.39 Å². The first-order valence-corrected chi connectivity index (χ1v) is 6.65. The summed E-state index contributed by atoms with van der Waals surface area (Å²) >= 11 is 11.7.